The molecular formula is C9H12N2O4S. The number of carboxylic acid groups (broad SMARTS) is 1. The van der Waals surface area contributed by atoms with Crippen molar-refractivity contribution in [2.24, 2.45) is 0 Å². The molecule has 0 bridgehead atoms. The number of hydrogen-bond donors (Lipinski definition) is 2. The van der Waals surface area contributed by atoms with E-state index in [1.807, 2.05) is 0 Å². The molecule has 16 heavy (non-hydrogen) atoms. The summed E-state index contributed by atoms with van der Waals surface area (Å²) in [6.07, 6.45) is 2.84. The van der Waals surface area contributed by atoms with Crippen molar-refractivity contribution in [3.05, 3.63) is 24.5 Å². The first-order valence-corrected chi connectivity index (χ1v) is 6.27. The Bertz CT molecular complexity index is 444. The van der Waals surface area contributed by atoms with Gasteiger partial charge in [-0.3, -0.25) is 14.5 Å². The van der Waals surface area contributed by atoms with Crippen molar-refractivity contribution in [3.63, 3.8) is 0 Å². The Hall–Kier alpha value is -1.63. The normalized spacial score (nSPS) is 11.0. The lowest BCUT2D eigenvalue weighted by Crippen LogP contribution is -2.17. The molecule has 0 amide bonds. The van der Waals surface area contributed by atoms with Crippen molar-refractivity contribution >= 4 is 21.7 Å². The summed E-state index contributed by atoms with van der Waals surface area (Å²) in [5, 5.41) is 8.37. The number of nitrogens with one attached hydrogen (secondary N) is 1. The second kappa shape index (κ2) is 5.45. The lowest BCUT2D eigenvalue weighted by atomic mass is 10.3. The van der Waals surface area contributed by atoms with Crippen molar-refractivity contribution in [3.8, 4) is 0 Å². The van der Waals surface area contributed by atoms with E-state index in [1.165, 1.54) is 12.4 Å². The van der Waals surface area contributed by atoms with Gasteiger partial charge < -0.3 is 5.11 Å². The highest BCUT2D eigenvalue weighted by Gasteiger charge is 2.11. The molecule has 1 heterocycles. The number of rotatable bonds is 6. The SMILES string of the molecule is O=C(O)CCCS(=O)(=O)Nc1cccnc1. The summed E-state index contributed by atoms with van der Waals surface area (Å²) in [4.78, 5) is 14.0. The number of pyridine rings is 1. The number of aliphatic carboxylic acids is 1. The van der Waals surface area contributed by atoms with Crippen molar-refractivity contribution < 1.29 is 18.3 Å². The zero-order valence-electron chi connectivity index (χ0n) is 8.46. The minimum Gasteiger partial charge on any atom is -0.481 e. The van der Waals surface area contributed by atoms with E-state index in [0.29, 0.717) is 5.69 Å². The quantitative estimate of drug-likeness (QED) is 0.767. The monoisotopic (exact) mass is 244 g/mol. The van der Waals surface area contributed by atoms with Crippen molar-refractivity contribution in [1.29, 1.82) is 0 Å². The van der Waals surface area contributed by atoms with Gasteiger partial charge in [0.25, 0.3) is 0 Å². The first kappa shape index (κ1) is 12.4. The van der Waals surface area contributed by atoms with Gasteiger partial charge in [-0.25, -0.2) is 8.42 Å². The van der Waals surface area contributed by atoms with Crippen LogP contribution in [0.3, 0.4) is 0 Å². The maximum Gasteiger partial charge on any atom is 0.303 e. The molecule has 1 aromatic rings. The summed E-state index contributed by atoms with van der Waals surface area (Å²) in [6.45, 7) is 0. The molecule has 0 aromatic carbocycles. The fourth-order valence-electron chi connectivity index (χ4n) is 1.07. The van der Waals surface area contributed by atoms with Crippen LogP contribution in [0.4, 0.5) is 5.69 Å². The van der Waals surface area contributed by atoms with Crippen LogP contribution in [0.25, 0.3) is 0 Å². The fourth-order valence-corrected chi connectivity index (χ4v) is 2.17. The zero-order valence-corrected chi connectivity index (χ0v) is 9.27. The fraction of sp³-hybridized carbons (Fsp3) is 0.333. The van der Waals surface area contributed by atoms with E-state index < -0.39 is 16.0 Å². The molecule has 0 saturated heterocycles. The van der Waals surface area contributed by atoms with E-state index >= 15 is 0 Å². The molecule has 1 rings (SSSR count). The molecule has 2 N–H and O–H groups in total. The number of anilines is 1. The second-order valence-corrected chi connectivity index (χ2v) is 5.00. The number of sulfonamides is 1. The minimum absolute atomic E-state index is 0.0882. The first-order chi connectivity index (χ1) is 7.49. The molecule has 0 fully saturated rings. The summed E-state index contributed by atoms with van der Waals surface area (Å²) >= 11 is 0. The van der Waals surface area contributed by atoms with E-state index in [4.69, 9.17) is 5.11 Å². The lowest BCUT2D eigenvalue weighted by Gasteiger charge is -2.06. The minimum atomic E-state index is -3.48. The molecular weight excluding hydrogens is 232 g/mol. The van der Waals surface area contributed by atoms with Crippen molar-refractivity contribution in [2.45, 2.75) is 12.8 Å². The molecule has 0 aliphatic heterocycles. The van der Waals surface area contributed by atoms with E-state index in [9.17, 15) is 13.2 Å². The van der Waals surface area contributed by atoms with E-state index in [0.717, 1.165) is 0 Å². The summed E-state index contributed by atoms with van der Waals surface area (Å²) in [6, 6.07) is 3.18. The third-order valence-electron chi connectivity index (χ3n) is 1.74. The molecule has 0 saturated carbocycles. The summed E-state index contributed by atoms with van der Waals surface area (Å²) in [5.41, 5.74) is 0.373. The second-order valence-electron chi connectivity index (χ2n) is 3.16. The van der Waals surface area contributed by atoms with Gasteiger partial charge in [0.05, 0.1) is 17.6 Å². The molecule has 0 aliphatic rings. The maximum atomic E-state index is 11.4. The highest BCUT2D eigenvalue weighted by atomic mass is 32.2. The van der Waals surface area contributed by atoms with E-state index in [-0.39, 0.29) is 18.6 Å². The standard InChI is InChI=1S/C9H12N2O4S/c12-9(13)4-2-6-16(14,15)11-8-3-1-5-10-7-8/h1,3,5,7,11H,2,4,6H2,(H,12,13). The molecule has 0 unspecified atom stereocenters. The van der Waals surface area contributed by atoms with Gasteiger partial charge in [-0.05, 0) is 18.6 Å². The lowest BCUT2D eigenvalue weighted by molar-refractivity contribution is -0.137. The molecule has 0 radical (unpaired) electrons. The van der Waals surface area contributed by atoms with Crippen LogP contribution >= 0.6 is 0 Å². The number of nitrogens with zero attached hydrogens (tertiary/aromatic N) is 1. The molecule has 88 valence electrons. The summed E-state index contributed by atoms with van der Waals surface area (Å²) < 4.78 is 25.2. The Morgan fingerprint density at radius 3 is 2.81 bits per heavy atom. The molecule has 6 nitrogen and oxygen atoms in total. The Labute approximate surface area is 93.4 Å². The number of aromatic nitrogens is 1. The van der Waals surface area contributed by atoms with Gasteiger partial charge in [0, 0.05) is 12.6 Å². The van der Waals surface area contributed by atoms with Gasteiger partial charge in [-0.15, -0.1) is 0 Å². The highest BCUT2D eigenvalue weighted by molar-refractivity contribution is 7.92. The molecule has 0 aliphatic carbocycles. The number of carboxylic acids is 1. The van der Waals surface area contributed by atoms with Crippen LogP contribution in [0.5, 0.6) is 0 Å². The predicted octanol–water partition coefficient (Wildman–Crippen LogP) is 0.688. The van der Waals surface area contributed by atoms with Gasteiger partial charge in [0.2, 0.25) is 10.0 Å². The van der Waals surface area contributed by atoms with E-state index in [2.05, 4.69) is 9.71 Å². The van der Waals surface area contributed by atoms with Gasteiger partial charge in [0.1, 0.15) is 0 Å². The van der Waals surface area contributed by atoms with Crippen LogP contribution < -0.4 is 4.72 Å². The van der Waals surface area contributed by atoms with Crippen molar-refractivity contribution in [1.82, 2.24) is 4.98 Å². The number of carbonyl (C=O) groups is 1. The van der Waals surface area contributed by atoms with Crippen LogP contribution in [-0.2, 0) is 14.8 Å². The Morgan fingerprint density at radius 2 is 2.25 bits per heavy atom. The van der Waals surface area contributed by atoms with Crippen LogP contribution in [0.15, 0.2) is 24.5 Å². The first-order valence-electron chi connectivity index (χ1n) is 4.62. The van der Waals surface area contributed by atoms with Gasteiger partial charge in [-0.2, -0.15) is 0 Å². The van der Waals surface area contributed by atoms with Crippen LogP contribution in [0.1, 0.15) is 12.8 Å². The third-order valence-corrected chi connectivity index (χ3v) is 3.11. The summed E-state index contributed by atoms with van der Waals surface area (Å²) in [5.74, 6) is -1.22. The smallest absolute Gasteiger partial charge is 0.303 e. The molecule has 7 heteroatoms. The zero-order chi connectivity index (χ0) is 12.0. The Morgan fingerprint density at radius 1 is 1.50 bits per heavy atom. The molecule has 1 aromatic heterocycles. The molecule has 0 atom stereocenters. The average Bonchev–Trinajstić information content (AvgIpc) is 2.17. The van der Waals surface area contributed by atoms with Gasteiger partial charge in [-0.1, -0.05) is 0 Å². The Balaban J connectivity index is 2.49. The van der Waals surface area contributed by atoms with Crippen LogP contribution in [0.2, 0.25) is 0 Å². The Kier molecular flexibility index (Phi) is 4.24. The molecule has 0 spiro atoms. The average molecular weight is 244 g/mol. The maximum absolute atomic E-state index is 11.4. The van der Waals surface area contributed by atoms with Crippen LogP contribution in [0, 0.1) is 0 Å². The predicted molar refractivity (Wildman–Crippen MR) is 58.5 cm³/mol. The summed E-state index contributed by atoms with van der Waals surface area (Å²) in [7, 11) is -3.48. The third kappa shape index (κ3) is 4.74. The highest BCUT2D eigenvalue weighted by Crippen LogP contribution is 2.07. The number of hydrogen-bond acceptors (Lipinski definition) is 4. The topological polar surface area (TPSA) is 96.4 Å². The van der Waals surface area contributed by atoms with Gasteiger partial charge >= 0.3 is 5.97 Å². The van der Waals surface area contributed by atoms with E-state index in [1.54, 1.807) is 12.1 Å². The van der Waals surface area contributed by atoms with Gasteiger partial charge in [0.15, 0.2) is 0 Å². The van der Waals surface area contributed by atoms with Crippen LogP contribution in [-0.4, -0.2) is 30.2 Å². The largest absolute Gasteiger partial charge is 0.481 e. The van der Waals surface area contributed by atoms with Crippen molar-refractivity contribution in [2.75, 3.05) is 10.5 Å².